The quantitative estimate of drug-likeness (QED) is 0.841. The highest BCUT2D eigenvalue weighted by Crippen LogP contribution is 2.49. The van der Waals surface area contributed by atoms with E-state index in [9.17, 15) is 9.90 Å². The van der Waals surface area contributed by atoms with Crippen LogP contribution < -0.4 is 10.1 Å². The van der Waals surface area contributed by atoms with Crippen molar-refractivity contribution in [1.82, 2.24) is 5.32 Å². The summed E-state index contributed by atoms with van der Waals surface area (Å²) in [5.41, 5.74) is 0.518. The molecule has 1 heterocycles. The average Bonchev–Trinajstić information content (AvgIpc) is 3.37. The standard InChI is InChI=1S/C20H28FNO3/c1-20(2,3)16-17(21)15(19(23)24)10-14(13-4-5-13)18(16)25-11-12-6-8-22-9-7-12/h10,12-13,22H,4-9,11H2,1-3H3,(H,23,24). The lowest BCUT2D eigenvalue weighted by molar-refractivity contribution is 0.0691. The SMILES string of the molecule is CC(C)(C)c1c(F)c(C(=O)O)cc(C2CC2)c1OCC1CCNCC1. The number of ether oxygens (including phenoxy) is 1. The van der Waals surface area contributed by atoms with Gasteiger partial charge in [0.05, 0.1) is 12.2 Å². The van der Waals surface area contributed by atoms with Crippen LogP contribution >= 0.6 is 0 Å². The number of rotatable bonds is 5. The van der Waals surface area contributed by atoms with Crippen molar-refractivity contribution in [3.63, 3.8) is 0 Å². The minimum atomic E-state index is -1.21. The van der Waals surface area contributed by atoms with Crippen molar-refractivity contribution in [2.75, 3.05) is 19.7 Å². The molecule has 5 heteroatoms. The minimum Gasteiger partial charge on any atom is -0.493 e. The summed E-state index contributed by atoms with van der Waals surface area (Å²) in [6.07, 6.45) is 4.13. The first kappa shape index (κ1) is 18.2. The van der Waals surface area contributed by atoms with Crippen molar-refractivity contribution < 1.29 is 19.0 Å². The molecule has 138 valence electrons. The van der Waals surface area contributed by atoms with E-state index < -0.39 is 17.2 Å². The molecule has 1 aromatic carbocycles. The summed E-state index contributed by atoms with van der Waals surface area (Å²) in [5, 5.41) is 12.8. The second-order valence-electron chi connectivity index (χ2n) is 8.37. The highest BCUT2D eigenvalue weighted by molar-refractivity contribution is 5.89. The summed E-state index contributed by atoms with van der Waals surface area (Å²) < 4.78 is 21.2. The third-order valence-corrected chi connectivity index (χ3v) is 5.16. The van der Waals surface area contributed by atoms with E-state index in [-0.39, 0.29) is 5.56 Å². The molecular weight excluding hydrogens is 321 g/mol. The third-order valence-electron chi connectivity index (χ3n) is 5.16. The predicted octanol–water partition coefficient (Wildman–Crippen LogP) is 4.08. The van der Waals surface area contributed by atoms with E-state index in [1.54, 1.807) is 0 Å². The maximum Gasteiger partial charge on any atom is 0.338 e. The molecule has 0 spiro atoms. The van der Waals surface area contributed by atoms with Crippen LogP contribution in [0, 0.1) is 11.7 Å². The molecule has 1 aliphatic carbocycles. The van der Waals surface area contributed by atoms with Crippen molar-refractivity contribution in [2.24, 2.45) is 5.92 Å². The second kappa shape index (κ2) is 6.94. The van der Waals surface area contributed by atoms with Gasteiger partial charge in [-0.15, -0.1) is 0 Å². The fourth-order valence-corrected chi connectivity index (χ4v) is 3.59. The van der Waals surface area contributed by atoms with Crippen LogP contribution in [-0.2, 0) is 5.41 Å². The zero-order valence-corrected chi connectivity index (χ0v) is 15.3. The second-order valence-corrected chi connectivity index (χ2v) is 8.37. The van der Waals surface area contributed by atoms with Crippen LogP contribution in [0.3, 0.4) is 0 Å². The number of hydrogen-bond acceptors (Lipinski definition) is 3. The molecule has 1 saturated heterocycles. The molecule has 2 N–H and O–H groups in total. The summed E-state index contributed by atoms with van der Waals surface area (Å²) in [6, 6.07) is 1.50. The molecule has 3 rings (SSSR count). The Morgan fingerprint density at radius 2 is 1.92 bits per heavy atom. The van der Waals surface area contributed by atoms with Crippen molar-refractivity contribution in [1.29, 1.82) is 0 Å². The Hall–Kier alpha value is -1.62. The van der Waals surface area contributed by atoms with Crippen LogP contribution in [-0.4, -0.2) is 30.8 Å². The Labute approximate surface area is 148 Å². The minimum absolute atomic E-state index is 0.235. The number of carbonyl (C=O) groups is 1. The van der Waals surface area contributed by atoms with E-state index in [4.69, 9.17) is 4.74 Å². The van der Waals surface area contributed by atoms with E-state index in [1.807, 2.05) is 20.8 Å². The molecule has 25 heavy (non-hydrogen) atoms. The van der Waals surface area contributed by atoms with E-state index in [2.05, 4.69) is 5.32 Å². The van der Waals surface area contributed by atoms with Gasteiger partial charge in [0.15, 0.2) is 0 Å². The largest absolute Gasteiger partial charge is 0.493 e. The first-order valence-electron chi connectivity index (χ1n) is 9.22. The summed E-state index contributed by atoms with van der Waals surface area (Å²) in [5.74, 6) is -0.512. The Kier molecular flexibility index (Phi) is 5.05. The van der Waals surface area contributed by atoms with Crippen molar-refractivity contribution in [2.45, 2.75) is 57.8 Å². The Bertz CT molecular complexity index is 656. The van der Waals surface area contributed by atoms with Gasteiger partial charge in [0.25, 0.3) is 0 Å². The summed E-state index contributed by atoms with van der Waals surface area (Å²) in [7, 11) is 0. The Morgan fingerprint density at radius 1 is 1.28 bits per heavy atom. The van der Waals surface area contributed by atoms with E-state index in [0.29, 0.717) is 29.8 Å². The zero-order chi connectivity index (χ0) is 18.2. The highest BCUT2D eigenvalue weighted by Gasteiger charge is 2.36. The molecule has 1 aliphatic heterocycles. The zero-order valence-electron chi connectivity index (χ0n) is 15.3. The van der Waals surface area contributed by atoms with Gasteiger partial charge in [-0.1, -0.05) is 20.8 Å². The molecule has 2 aliphatic rings. The highest BCUT2D eigenvalue weighted by atomic mass is 19.1. The van der Waals surface area contributed by atoms with Crippen LogP contribution in [0.2, 0.25) is 0 Å². The average molecular weight is 349 g/mol. The van der Waals surface area contributed by atoms with Crippen LogP contribution in [0.4, 0.5) is 4.39 Å². The van der Waals surface area contributed by atoms with E-state index >= 15 is 4.39 Å². The number of halogens is 1. The number of hydrogen-bond donors (Lipinski definition) is 2. The number of carboxylic acids is 1. The lowest BCUT2D eigenvalue weighted by Crippen LogP contribution is -2.31. The number of nitrogens with one attached hydrogen (secondary N) is 1. The number of carboxylic acid groups (broad SMARTS) is 1. The maximum absolute atomic E-state index is 15.0. The molecular formula is C20H28FNO3. The topological polar surface area (TPSA) is 58.6 Å². The van der Waals surface area contributed by atoms with Crippen LogP contribution in [0.1, 0.15) is 73.9 Å². The van der Waals surface area contributed by atoms with Crippen molar-refractivity contribution >= 4 is 5.97 Å². The number of aromatic carboxylic acids is 1. The first-order valence-corrected chi connectivity index (χ1v) is 9.22. The molecule has 1 saturated carbocycles. The van der Waals surface area contributed by atoms with E-state index in [1.165, 1.54) is 6.07 Å². The van der Waals surface area contributed by atoms with Crippen molar-refractivity contribution in [3.05, 3.63) is 28.6 Å². The fraction of sp³-hybridized carbons (Fsp3) is 0.650. The van der Waals surface area contributed by atoms with Gasteiger partial charge in [0, 0.05) is 5.56 Å². The predicted molar refractivity (Wildman–Crippen MR) is 95.1 cm³/mol. The van der Waals surface area contributed by atoms with Gasteiger partial charge in [0.1, 0.15) is 11.6 Å². The van der Waals surface area contributed by atoms with Gasteiger partial charge in [-0.2, -0.15) is 0 Å². The van der Waals surface area contributed by atoms with Gasteiger partial charge in [-0.05, 0) is 67.7 Å². The first-order chi connectivity index (χ1) is 11.8. The van der Waals surface area contributed by atoms with Gasteiger partial charge < -0.3 is 15.2 Å². The lowest BCUT2D eigenvalue weighted by atomic mass is 9.82. The van der Waals surface area contributed by atoms with Crippen LogP contribution in [0.25, 0.3) is 0 Å². The molecule has 2 fully saturated rings. The fourth-order valence-electron chi connectivity index (χ4n) is 3.59. The third kappa shape index (κ3) is 3.97. The molecule has 0 aromatic heterocycles. The van der Waals surface area contributed by atoms with Crippen LogP contribution in [0.5, 0.6) is 5.75 Å². The smallest absolute Gasteiger partial charge is 0.338 e. The molecule has 0 unspecified atom stereocenters. The van der Waals surface area contributed by atoms with Gasteiger partial charge in [0.2, 0.25) is 0 Å². The molecule has 1 aromatic rings. The molecule has 0 bridgehead atoms. The maximum atomic E-state index is 15.0. The number of piperidine rings is 1. The summed E-state index contributed by atoms with van der Waals surface area (Å²) >= 11 is 0. The normalized spacial score (nSPS) is 19.0. The Morgan fingerprint density at radius 3 is 2.44 bits per heavy atom. The summed E-state index contributed by atoms with van der Waals surface area (Å²) in [6.45, 7) is 8.27. The molecule has 0 atom stereocenters. The van der Waals surface area contributed by atoms with Crippen LogP contribution in [0.15, 0.2) is 6.07 Å². The van der Waals surface area contributed by atoms with Crippen molar-refractivity contribution in [3.8, 4) is 5.75 Å². The van der Waals surface area contributed by atoms with Gasteiger partial charge in [-0.3, -0.25) is 0 Å². The number of benzene rings is 1. The molecule has 0 radical (unpaired) electrons. The van der Waals surface area contributed by atoms with Gasteiger partial charge in [-0.25, -0.2) is 9.18 Å². The monoisotopic (exact) mass is 349 g/mol. The van der Waals surface area contributed by atoms with Gasteiger partial charge >= 0.3 is 5.97 Å². The molecule has 4 nitrogen and oxygen atoms in total. The van der Waals surface area contributed by atoms with E-state index in [0.717, 1.165) is 44.3 Å². The summed E-state index contributed by atoms with van der Waals surface area (Å²) in [4.78, 5) is 11.5. The Balaban J connectivity index is 2.01. The lowest BCUT2D eigenvalue weighted by Gasteiger charge is -2.29. The molecule has 0 amide bonds.